The molecular weight excluding hydrogens is 408 g/mol. The maximum Gasteiger partial charge on any atom is 0 e. The molecule has 4 aliphatic carbocycles. The SMILES string of the molecule is C/C=C/C1CCC(C2CCC(C)CC2)CC1.C/C=C/CCC1CCC(C2CCC(C)CC2)CC1.[HH].[HH].[HH].[HH]. The van der Waals surface area contributed by atoms with Gasteiger partial charge in [-0.05, 0) is 138 Å². The van der Waals surface area contributed by atoms with Gasteiger partial charge in [-0.3, -0.25) is 0 Å². The molecule has 4 rings (SSSR count). The maximum absolute atomic E-state index is 2.44. The summed E-state index contributed by atoms with van der Waals surface area (Å²) in [6.07, 6.45) is 36.2. The highest BCUT2D eigenvalue weighted by Crippen LogP contribution is 2.43. The van der Waals surface area contributed by atoms with Crippen LogP contribution in [0.1, 0.15) is 149 Å². The van der Waals surface area contributed by atoms with Crippen LogP contribution in [-0.4, -0.2) is 0 Å². The largest absolute Gasteiger partial charge is 0.0917 e. The minimum absolute atomic E-state index is 0. The Bertz CT molecular complexity index is 571. The highest BCUT2D eigenvalue weighted by Gasteiger charge is 2.30. The van der Waals surface area contributed by atoms with Crippen molar-refractivity contribution in [3.05, 3.63) is 24.3 Å². The zero-order chi connectivity index (χ0) is 24.2. The highest BCUT2D eigenvalue weighted by atomic mass is 14.4. The lowest BCUT2D eigenvalue weighted by Crippen LogP contribution is -2.25. The highest BCUT2D eigenvalue weighted by molar-refractivity contribution is 4.90. The Morgan fingerprint density at radius 3 is 1.35 bits per heavy atom. The van der Waals surface area contributed by atoms with Gasteiger partial charge in [0.25, 0.3) is 0 Å². The van der Waals surface area contributed by atoms with E-state index in [0.717, 1.165) is 47.3 Å². The lowest BCUT2D eigenvalue weighted by atomic mass is 9.69. The van der Waals surface area contributed by atoms with Crippen molar-refractivity contribution in [2.45, 2.75) is 143 Å². The second-order valence-electron chi connectivity index (χ2n) is 13.2. The molecule has 0 nitrogen and oxygen atoms in total. The molecule has 0 unspecified atom stereocenters. The molecule has 0 heterocycles. The van der Waals surface area contributed by atoms with Gasteiger partial charge in [0.1, 0.15) is 0 Å². The normalized spacial score (nSPS) is 39.6. The van der Waals surface area contributed by atoms with Crippen molar-refractivity contribution in [3.63, 3.8) is 0 Å². The summed E-state index contributed by atoms with van der Waals surface area (Å²) in [5.74, 6) is 8.32. The molecule has 0 bridgehead atoms. The number of hydrogen-bond acceptors (Lipinski definition) is 0. The van der Waals surface area contributed by atoms with Crippen molar-refractivity contribution in [3.8, 4) is 0 Å². The summed E-state index contributed by atoms with van der Waals surface area (Å²) in [7, 11) is 0. The fourth-order valence-corrected chi connectivity index (χ4v) is 8.04. The predicted octanol–water partition coefficient (Wildman–Crippen LogP) is 12.2. The molecule has 0 N–H and O–H groups in total. The Kier molecular flexibility index (Phi) is 12.8. The summed E-state index contributed by atoms with van der Waals surface area (Å²) < 4.78 is 0. The van der Waals surface area contributed by atoms with Crippen molar-refractivity contribution in [2.24, 2.45) is 47.3 Å². The molecule has 0 atom stereocenters. The van der Waals surface area contributed by atoms with Gasteiger partial charge >= 0.3 is 0 Å². The minimum Gasteiger partial charge on any atom is -0.0917 e. The first-order chi connectivity index (χ1) is 16.6. The summed E-state index contributed by atoms with van der Waals surface area (Å²) in [6, 6.07) is 0. The van der Waals surface area contributed by atoms with Crippen molar-refractivity contribution in [2.75, 3.05) is 0 Å². The molecule has 4 saturated carbocycles. The maximum atomic E-state index is 2.44. The van der Waals surface area contributed by atoms with Crippen LogP contribution in [0.25, 0.3) is 0 Å². The third kappa shape index (κ3) is 9.50. The van der Waals surface area contributed by atoms with Crippen LogP contribution in [0.5, 0.6) is 0 Å². The third-order valence-corrected chi connectivity index (χ3v) is 10.6. The molecule has 0 heteroatoms. The molecular formula is C34H68. The van der Waals surface area contributed by atoms with Gasteiger partial charge in [0.05, 0.1) is 0 Å². The molecule has 0 radical (unpaired) electrons. The lowest BCUT2D eigenvalue weighted by Gasteiger charge is -2.37. The molecule has 204 valence electrons. The van der Waals surface area contributed by atoms with E-state index in [1.54, 1.807) is 12.8 Å². The van der Waals surface area contributed by atoms with Gasteiger partial charge in [0.15, 0.2) is 0 Å². The van der Waals surface area contributed by atoms with Crippen LogP contribution >= 0.6 is 0 Å². The third-order valence-electron chi connectivity index (χ3n) is 10.6. The van der Waals surface area contributed by atoms with E-state index in [4.69, 9.17) is 0 Å². The van der Waals surface area contributed by atoms with Crippen LogP contribution in [0.3, 0.4) is 0 Å². The van der Waals surface area contributed by atoms with E-state index in [-0.39, 0.29) is 5.71 Å². The van der Waals surface area contributed by atoms with E-state index < -0.39 is 0 Å². The van der Waals surface area contributed by atoms with Crippen molar-refractivity contribution in [1.82, 2.24) is 0 Å². The second kappa shape index (κ2) is 15.6. The Morgan fingerprint density at radius 1 is 0.529 bits per heavy atom. The second-order valence-corrected chi connectivity index (χ2v) is 13.2. The van der Waals surface area contributed by atoms with Crippen molar-refractivity contribution in [1.29, 1.82) is 0 Å². The Labute approximate surface area is 220 Å². The summed E-state index contributed by atoms with van der Waals surface area (Å²) in [6.45, 7) is 9.17. The first kappa shape index (κ1) is 28.1. The zero-order valence-corrected chi connectivity index (χ0v) is 23.7. The molecule has 4 aliphatic rings. The lowest BCUT2D eigenvalue weighted by molar-refractivity contribution is 0.148. The van der Waals surface area contributed by atoms with E-state index in [0.29, 0.717) is 0 Å². The van der Waals surface area contributed by atoms with Crippen LogP contribution < -0.4 is 0 Å². The van der Waals surface area contributed by atoms with E-state index >= 15 is 0 Å². The molecule has 4 fully saturated rings. The Morgan fingerprint density at radius 2 is 0.941 bits per heavy atom. The van der Waals surface area contributed by atoms with Crippen LogP contribution in [0.2, 0.25) is 0 Å². The smallest absolute Gasteiger partial charge is 0 e. The molecule has 0 aromatic rings. The fraction of sp³-hybridized carbons (Fsp3) is 0.882. The van der Waals surface area contributed by atoms with Gasteiger partial charge in [-0.1, -0.05) is 76.7 Å². The molecule has 0 aromatic heterocycles. The standard InChI is InChI=1S/C18H32.C16H28.4H2/c1-3-4-5-6-16-9-13-18(14-10-16)17-11-7-15(2)8-12-17;1-3-4-14-7-11-16(12-8-14)15-9-5-13(2)6-10-15;;;;/h3-4,15-18H,5-14H2,1-2H3;3-4,13-16H,5-12H2,1-2H3;4*1H/b2*4-3+;;;;. The van der Waals surface area contributed by atoms with Gasteiger partial charge < -0.3 is 0 Å². The topological polar surface area (TPSA) is 0 Å². The van der Waals surface area contributed by atoms with Crippen molar-refractivity contribution >= 4 is 0 Å². The Balaban J connectivity index is 0. The summed E-state index contributed by atoms with van der Waals surface area (Å²) in [5.41, 5.74) is 0. The van der Waals surface area contributed by atoms with Crippen LogP contribution in [0, 0.1) is 47.3 Å². The van der Waals surface area contributed by atoms with Crippen molar-refractivity contribution < 1.29 is 5.71 Å². The van der Waals surface area contributed by atoms with E-state index in [1.807, 2.05) is 0 Å². The average Bonchev–Trinajstić information content (AvgIpc) is 2.87. The van der Waals surface area contributed by atoms with Gasteiger partial charge in [-0.2, -0.15) is 0 Å². The Hall–Kier alpha value is -0.520. The number of hydrogen-bond donors (Lipinski definition) is 0. The van der Waals surface area contributed by atoms with Crippen LogP contribution in [0.4, 0.5) is 0 Å². The fourth-order valence-electron chi connectivity index (χ4n) is 8.04. The minimum atomic E-state index is 0. The molecule has 34 heavy (non-hydrogen) atoms. The number of allylic oxidation sites excluding steroid dienone is 4. The van der Waals surface area contributed by atoms with Gasteiger partial charge in [0, 0.05) is 5.71 Å². The van der Waals surface area contributed by atoms with E-state index in [2.05, 4.69) is 52.0 Å². The first-order valence-corrected chi connectivity index (χ1v) is 15.8. The first-order valence-electron chi connectivity index (χ1n) is 15.8. The van der Waals surface area contributed by atoms with E-state index in [9.17, 15) is 0 Å². The summed E-state index contributed by atoms with van der Waals surface area (Å²) in [4.78, 5) is 0. The number of rotatable bonds is 6. The average molecular weight is 477 g/mol. The molecule has 0 aliphatic heterocycles. The quantitative estimate of drug-likeness (QED) is 0.334. The van der Waals surface area contributed by atoms with Crippen LogP contribution in [0.15, 0.2) is 24.3 Å². The van der Waals surface area contributed by atoms with Gasteiger partial charge in [-0.15, -0.1) is 0 Å². The zero-order valence-electron chi connectivity index (χ0n) is 23.7. The predicted molar refractivity (Wildman–Crippen MR) is 160 cm³/mol. The molecule has 0 aromatic carbocycles. The van der Waals surface area contributed by atoms with Gasteiger partial charge in [0.2, 0.25) is 0 Å². The summed E-state index contributed by atoms with van der Waals surface area (Å²) in [5, 5.41) is 0. The monoisotopic (exact) mass is 477 g/mol. The van der Waals surface area contributed by atoms with Crippen LogP contribution in [-0.2, 0) is 0 Å². The molecule has 0 spiro atoms. The molecule has 0 saturated heterocycles. The van der Waals surface area contributed by atoms with E-state index in [1.165, 1.54) is 103 Å². The summed E-state index contributed by atoms with van der Waals surface area (Å²) >= 11 is 0. The molecule has 0 amide bonds. The van der Waals surface area contributed by atoms with Gasteiger partial charge in [-0.25, -0.2) is 0 Å².